The van der Waals surface area contributed by atoms with Crippen molar-refractivity contribution in [2.45, 2.75) is 47.1 Å². The molecule has 0 spiro atoms. The molecule has 172 valence electrons. The largest absolute Gasteiger partial charge is 0.523 e. The first-order valence-electron chi connectivity index (χ1n) is 7.89. The number of rotatable bonds is 9. The SMILES string of the molecule is CC(C)(C)C(=O)OCOP(=O)(COS(=O)(=O)C(F)(F)F)OCOC(=O)C(C)(C)C. The third-order valence-electron chi connectivity index (χ3n) is 2.75. The first-order valence-corrected chi connectivity index (χ1v) is 11.0. The lowest BCUT2D eigenvalue weighted by Gasteiger charge is -2.21. The average Bonchev–Trinajstić information content (AvgIpc) is 2.50. The summed E-state index contributed by atoms with van der Waals surface area (Å²) in [4.78, 5) is 23.3. The van der Waals surface area contributed by atoms with E-state index in [1.54, 1.807) is 0 Å². The van der Waals surface area contributed by atoms with Crippen molar-refractivity contribution >= 4 is 29.7 Å². The predicted molar refractivity (Wildman–Crippen MR) is 91.5 cm³/mol. The lowest BCUT2D eigenvalue weighted by Crippen LogP contribution is -2.27. The van der Waals surface area contributed by atoms with E-state index in [2.05, 4.69) is 22.7 Å². The number of esters is 2. The molecule has 0 amide bonds. The van der Waals surface area contributed by atoms with Gasteiger partial charge in [0, 0.05) is 0 Å². The van der Waals surface area contributed by atoms with Gasteiger partial charge in [0.1, 0.15) is 0 Å². The topological polar surface area (TPSA) is 132 Å². The molecule has 0 aromatic rings. The van der Waals surface area contributed by atoms with Gasteiger partial charge in [0.2, 0.25) is 13.6 Å². The van der Waals surface area contributed by atoms with E-state index in [1.807, 2.05) is 0 Å². The first-order chi connectivity index (χ1) is 12.7. The minimum absolute atomic E-state index is 0.813. The Labute approximate surface area is 166 Å². The van der Waals surface area contributed by atoms with Crippen LogP contribution in [0.1, 0.15) is 41.5 Å². The second-order valence-electron chi connectivity index (χ2n) is 7.62. The molecule has 15 heteroatoms. The average molecular weight is 472 g/mol. The molecule has 0 unspecified atom stereocenters. The molecule has 0 fully saturated rings. The Hall–Kier alpha value is -1.21. The summed E-state index contributed by atoms with van der Waals surface area (Å²) in [6, 6.07) is 0. The van der Waals surface area contributed by atoms with Gasteiger partial charge in [-0.15, -0.1) is 0 Å². The Morgan fingerprint density at radius 3 is 1.45 bits per heavy atom. The molecule has 0 aromatic carbocycles. The van der Waals surface area contributed by atoms with E-state index in [1.165, 1.54) is 41.5 Å². The summed E-state index contributed by atoms with van der Waals surface area (Å²) in [6.45, 7) is 6.80. The van der Waals surface area contributed by atoms with E-state index < -0.39 is 65.9 Å². The highest BCUT2D eigenvalue weighted by Gasteiger charge is 2.49. The molecule has 0 aliphatic heterocycles. The Balaban J connectivity index is 5.14. The highest BCUT2D eigenvalue weighted by Crippen LogP contribution is 2.49. The van der Waals surface area contributed by atoms with Crippen LogP contribution in [-0.2, 0) is 47.0 Å². The molecule has 0 heterocycles. The molecule has 0 saturated carbocycles. The van der Waals surface area contributed by atoms with E-state index in [0.717, 1.165) is 0 Å². The zero-order chi connectivity index (χ0) is 23.3. The van der Waals surface area contributed by atoms with Crippen LogP contribution in [0.4, 0.5) is 13.2 Å². The number of hydrogen-bond donors (Lipinski definition) is 0. The Morgan fingerprint density at radius 1 is 0.828 bits per heavy atom. The van der Waals surface area contributed by atoms with E-state index in [-0.39, 0.29) is 0 Å². The standard InChI is InChI=1S/C14H24F3O10PS/c1-12(2,3)10(18)23-7-25-28(20,9-27-29(21,22)14(15,16)17)26-8-24-11(19)13(4,5)6/h7-9H2,1-6H3. The van der Waals surface area contributed by atoms with Crippen LogP contribution in [0.25, 0.3) is 0 Å². The second-order valence-corrected chi connectivity index (χ2v) is 11.2. The summed E-state index contributed by atoms with van der Waals surface area (Å²) >= 11 is 0. The molecule has 0 bridgehead atoms. The van der Waals surface area contributed by atoms with Crippen LogP contribution in [0.2, 0.25) is 0 Å². The van der Waals surface area contributed by atoms with Crippen LogP contribution in [0.5, 0.6) is 0 Å². The van der Waals surface area contributed by atoms with E-state index in [0.29, 0.717) is 0 Å². The fourth-order valence-corrected chi connectivity index (χ4v) is 2.92. The van der Waals surface area contributed by atoms with Crippen molar-refractivity contribution in [2.75, 3.05) is 19.9 Å². The van der Waals surface area contributed by atoms with Crippen LogP contribution < -0.4 is 0 Å². The molecule has 0 aliphatic carbocycles. The van der Waals surface area contributed by atoms with Gasteiger partial charge in [0.25, 0.3) is 0 Å². The summed E-state index contributed by atoms with van der Waals surface area (Å²) in [5.41, 5.74) is -7.74. The van der Waals surface area contributed by atoms with Gasteiger partial charge in [0.15, 0.2) is 6.35 Å². The minimum Gasteiger partial charge on any atom is -0.438 e. The third kappa shape index (κ3) is 9.90. The zero-order valence-corrected chi connectivity index (χ0v) is 18.4. The Morgan fingerprint density at radius 2 is 1.17 bits per heavy atom. The summed E-state index contributed by atoms with van der Waals surface area (Å²) in [6.07, 6.45) is -1.70. The lowest BCUT2D eigenvalue weighted by molar-refractivity contribution is -0.162. The van der Waals surface area contributed by atoms with Gasteiger partial charge in [0.05, 0.1) is 10.8 Å². The molecule has 0 rings (SSSR count). The van der Waals surface area contributed by atoms with E-state index in [4.69, 9.17) is 0 Å². The highest BCUT2D eigenvalue weighted by atomic mass is 32.2. The first kappa shape index (κ1) is 27.8. The van der Waals surface area contributed by atoms with Crippen LogP contribution in [0.15, 0.2) is 0 Å². The maximum atomic E-state index is 12.5. The van der Waals surface area contributed by atoms with Crippen LogP contribution in [0, 0.1) is 10.8 Å². The minimum atomic E-state index is -6.11. The van der Waals surface area contributed by atoms with Crippen molar-refractivity contribution in [1.82, 2.24) is 0 Å². The van der Waals surface area contributed by atoms with E-state index >= 15 is 0 Å². The lowest BCUT2D eigenvalue weighted by atomic mass is 9.98. The van der Waals surface area contributed by atoms with Gasteiger partial charge in [-0.25, -0.2) is 0 Å². The molecular formula is C14H24F3O10PS. The zero-order valence-electron chi connectivity index (χ0n) is 16.7. The summed E-state index contributed by atoms with van der Waals surface area (Å²) in [7, 11) is -10.9. The predicted octanol–water partition coefficient (Wildman–Crippen LogP) is 3.13. The van der Waals surface area contributed by atoms with Gasteiger partial charge < -0.3 is 9.47 Å². The van der Waals surface area contributed by atoms with Crippen LogP contribution in [-0.4, -0.2) is 45.8 Å². The Bertz CT molecular complexity index is 698. The van der Waals surface area contributed by atoms with Crippen molar-refractivity contribution in [1.29, 1.82) is 0 Å². The van der Waals surface area contributed by atoms with Crippen molar-refractivity contribution in [3.8, 4) is 0 Å². The molecule has 0 aromatic heterocycles. The van der Waals surface area contributed by atoms with Crippen LogP contribution in [0.3, 0.4) is 0 Å². The second kappa shape index (κ2) is 9.73. The summed E-state index contributed by atoms with van der Waals surface area (Å²) in [5, 5.41) is 0. The van der Waals surface area contributed by atoms with Gasteiger partial charge in [-0.2, -0.15) is 21.6 Å². The van der Waals surface area contributed by atoms with Crippen molar-refractivity contribution in [3.63, 3.8) is 0 Å². The molecule has 0 atom stereocenters. The summed E-state index contributed by atoms with van der Waals surface area (Å²) in [5.74, 6) is -1.63. The molecular weight excluding hydrogens is 448 g/mol. The third-order valence-corrected chi connectivity index (χ3v) is 5.37. The molecule has 10 nitrogen and oxygen atoms in total. The van der Waals surface area contributed by atoms with Crippen molar-refractivity contribution < 1.29 is 58.4 Å². The van der Waals surface area contributed by atoms with Crippen LogP contribution >= 0.6 is 7.60 Å². The molecule has 0 N–H and O–H groups in total. The van der Waals surface area contributed by atoms with Gasteiger partial charge >= 0.3 is 35.2 Å². The van der Waals surface area contributed by atoms with E-state index in [9.17, 15) is 35.7 Å². The number of halogens is 3. The smallest absolute Gasteiger partial charge is 0.438 e. The quantitative estimate of drug-likeness (QED) is 0.162. The van der Waals surface area contributed by atoms with Gasteiger partial charge in [-0.05, 0) is 41.5 Å². The number of ether oxygens (including phenoxy) is 2. The van der Waals surface area contributed by atoms with Crippen molar-refractivity contribution in [3.05, 3.63) is 0 Å². The number of hydrogen-bond acceptors (Lipinski definition) is 10. The maximum absolute atomic E-state index is 12.5. The van der Waals surface area contributed by atoms with Gasteiger partial charge in [-0.1, -0.05) is 0 Å². The molecule has 0 saturated heterocycles. The number of carbonyl (C=O) groups is 2. The number of alkyl halides is 3. The normalized spacial score (nSPS) is 13.8. The monoisotopic (exact) mass is 472 g/mol. The highest BCUT2D eigenvalue weighted by molar-refractivity contribution is 7.87. The summed E-state index contributed by atoms with van der Waals surface area (Å²) < 4.78 is 93.7. The fraction of sp³-hybridized carbons (Fsp3) is 0.857. The fourth-order valence-electron chi connectivity index (χ4n) is 1.07. The Kier molecular flexibility index (Phi) is 9.33. The molecule has 29 heavy (non-hydrogen) atoms. The number of carbonyl (C=O) groups excluding carboxylic acids is 2. The molecule has 0 aliphatic rings. The van der Waals surface area contributed by atoms with Crippen molar-refractivity contribution in [2.24, 2.45) is 10.8 Å². The van der Waals surface area contributed by atoms with Gasteiger partial charge in [-0.3, -0.25) is 27.4 Å². The molecule has 0 radical (unpaired) electrons. The maximum Gasteiger partial charge on any atom is 0.523 e.